The number of hydrogen-bond acceptors (Lipinski definition) is 0. The second-order valence-corrected chi connectivity index (χ2v) is 22.1. The van der Waals surface area contributed by atoms with Crippen molar-refractivity contribution in [3.63, 3.8) is 0 Å². The third-order valence-corrected chi connectivity index (χ3v) is 17.2. The predicted octanol–water partition coefficient (Wildman–Crippen LogP) is 21.3. The van der Waals surface area contributed by atoms with Crippen molar-refractivity contribution in [3.8, 4) is 44.8 Å². The van der Waals surface area contributed by atoms with Gasteiger partial charge in [0.1, 0.15) is 0 Å². The summed E-state index contributed by atoms with van der Waals surface area (Å²) in [7, 11) is 0. The van der Waals surface area contributed by atoms with Crippen LogP contribution in [0, 0.1) is 0 Å². The molecule has 0 aliphatic carbocycles. The first-order valence-corrected chi connectivity index (χ1v) is 27.4. The Balaban J connectivity index is 0.872. The molecule has 0 unspecified atom stereocenters. The monoisotopic (exact) mass is 1090 g/mol. The van der Waals surface area contributed by atoms with E-state index in [0.717, 1.165) is 25.9 Å². The molecular formula is C72H42Br2N2. The van der Waals surface area contributed by atoms with Gasteiger partial charge in [0.05, 0.1) is 22.1 Å². The molecule has 0 aliphatic heterocycles. The molecule has 354 valence electrons. The molecule has 2 nitrogen and oxygen atoms in total. The molecule has 14 aromatic carbocycles. The molecule has 0 saturated carbocycles. The minimum absolute atomic E-state index is 1.04. The van der Waals surface area contributed by atoms with Crippen molar-refractivity contribution < 1.29 is 0 Å². The zero-order valence-corrected chi connectivity index (χ0v) is 44.1. The summed E-state index contributed by atoms with van der Waals surface area (Å²) in [5.74, 6) is 0. The first-order chi connectivity index (χ1) is 37.5. The highest BCUT2D eigenvalue weighted by Gasteiger charge is 2.24. The van der Waals surface area contributed by atoms with Crippen LogP contribution in [0.1, 0.15) is 0 Å². The summed E-state index contributed by atoms with van der Waals surface area (Å²) in [6, 6.07) is 94.6. The average Bonchev–Trinajstić information content (AvgIpc) is 4.20. The maximum Gasteiger partial charge on any atom is 0.0626 e. The van der Waals surface area contributed by atoms with E-state index in [1.54, 1.807) is 0 Å². The van der Waals surface area contributed by atoms with Crippen molar-refractivity contribution in [2.75, 3.05) is 0 Å². The Morgan fingerprint density at radius 2 is 0.645 bits per heavy atom. The van der Waals surface area contributed by atoms with E-state index in [0.29, 0.717) is 0 Å². The lowest BCUT2D eigenvalue weighted by atomic mass is 9.93. The maximum absolute atomic E-state index is 3.89. The second-order valence-electron chi connectivity index (χ2n) is 20.2. The van der Waals surface area contributed by atoms with Crippen molar-refractivity contribution in [2.24, 2.45) is 0 Å². The summed E-state index contributed by atoms with van der Waals surface area (Å²) in [6.07, 6.45) is 0. The van der Waals surface area contributed by atoms with Crippen molar-refractivity contribution in [2.45, 2.75) is 0 Å². The van der Waals surface area contributed by atoms with Crippen molar-refractivity contribution in [1.82, 2.24) is 9.13 Å². The normalized spacial score (nSPS) is 12.1. The molecule has 0 saturated heterocycles. The van der Waals surface area contributed by atoms with Crippen LogP contribution in [-0.4, -0.2) is 9.13 Å². The summed E-state index contributed by atoms with van der Waals surface area (Å²) in [6.45, 7) is 0. The molecule has 0 atom stereocenters. The van der Waals surface area contributed by atoms with Gasteiger partial charge in [-0.05, 0) is 166 Å². The van der Waals surface area contributed by atoms with Gasteiger partial charge in [0, 0.05) is 52.6 Å². The largest absolute Gasteiger partial charge is 0.309 e. The summed E-state index contributed by atoms with van der Waals surface area (Å²) in [4.78, 5) is 0. The van der Waals surface area contributed by atoms with Crippen LogP contribution in [0.2, 0.25) is 0 Å². The highest BCUT2D eigenvalue weighted by molar-refractivity contribution is 9.10. The molecule has 16 rings (SSSR count). The molecule has 0 aliphatic rings. The lowest BCUT2D eigenvalue weighted by Crippen LogP contribution is -1.96. The lowest BCUT2D eigenvalue weighted by Gasteiger charge is -2.15. The average molecular weight is 1090 g/mol. The minimum Gasteiger partial charge on any atom is -0.309 e. The van der Waals surface area contributed by atoms with Gasteiger partial charge in [-0.2, -0.15) is 0 Å². The summed E-state index contributed by atoms with van der Waals surface area (Å²) >= 11 is 7.50. The number of benzene rings is 14. The quantitative estimate of drug-likeness (QED) is 0.152. The van der Waals surface area contributed by atoms with Gasteiger partial charge in [-0.25, -0.2) is 0 Å². The van der Waals surface area contributed by atoms with E-state index in [-0.39, 0.29) is 0 Å². The van der Waals surface area contributed by atoms with Crippen LogP contribution in [-0.2, 0) is 0 Å². The number of rotatable bonds is 5. The molecule has 0 amide bonds. The standard InChI is InChI=1S/C72H42Br2N2/c73-51-29-23-43(24-30-51)44-25-32-53(33-26-44)75-67-40-47-12-2-1-11-46(47)38-65(67)66-39-48-21-22-49(37-50(48)41-68(66)75)64-42-52(74)31-36-55(64)45-27-34-54(35-28-45)76-71-62-19-9-5-15-58(62)56-13-3-7-17-60(56)69(71)70-61-18-8-4-14-57(61)59-16-6-10-20-63(59)72(70)76/h1-42H. The molecule has 0 spiro atoms. The minimum atomic E-state index is 1.04. The van der Waals surface area contributed by atoms with Gasteiger partial charge in [-0.1, -0.05) is 208 Å². The van der Waals surface area contributed by atoms with Crippen LogP contribution in [0.25, 0.3) is 153 Å². The zero-order chi connectivity index (χ0) is 50.2. The number of hydrogen-bond donors (Lipinski definition) is 0. The molecule has 2 heterocycles. The van der Waals surface area contributed by atoms with E-state index in [1.807, 2.05) is 0 Å². The van der Waals surface area contributed by atoms with E-state index in [4.69, 9.17) is 0 Å². The summed E-state index contributed by atoms with van der Waals surface area (Å²) in [5, 5.41) is 20.1. The Kier molecular flexibility index (Phi) is 9.67. The third-order valence-electron chi connectivity index (χ3n) is 16.1. The van der Waals surface area contributed by atoms with Crippen LogP contribution in [0.5, 0.6) is 0 Å². The molecule has 4 heteroatoms. The van der Waals surface area contributed by atoms with Gasteiger partial charge in [0.15, 0.2) is 0 Å². The fourth-order valence-electron chi connectivity index (χ4n) is 12.7. The Morgan fingerprint density at radius 1 is 0.237 bits per heavy atom. The zero-order valence-electron chi connectivity index (χ0n) is 40.9. The van der Waals surface area contributed by atoms with Crippen LogP contribution < -0.4 is 0 Å². The van der Waals surface area contributed by atoms with E-state index >= 15 is 0 Å². The van der Waals surface area contributed by atoms with Crippen molar-refractivity contribution in [3.05, 3.63) is 264 Å². The first-order valence-electron chi connectivity index (χ1n) is 25.9. The Hall–Kier alpha value is -8.80. The highest BCUT2D eigenvalue weighted by atomic mass is 79.9. The maximum atomic E-state index is 3.89. The SMILES string of the molecule is Brc1ccc(-c2ccc(-n3c4cc5ccccc5cc4c4cc5ccc(-c6cc(Br)ccc6-c6ccc(-n7c8c9ccccc9c9ccccc9c8c8c9ccccc9c9ccccc9c87)cc6)cc5cc43)cc2)cc1. The highest BCUT2D eigenvalue weighted by Crippen LogP contribution is 2.48. The molecule has 0 bridgehead atoms. The van der Waals surface area contributed by atoms with Gasteiger partial charge in [0.25, 0.3) is 0 Å². The number of fused-ring (bicyclic) bond motifs is 18. The fourth-order valence-corrected chi connectivity index (χ4v) is 13.3. The number of nitrogens with zero attached hydrogens (tertiary/aromatic N) is 2. The summed E-state index contributed by atoms with van der Waals surface area (Å²) < 4.78 is 7.13. The van der Waals surface area contributed by atoms with E-state index in [1.165, 1.54) is 136 Å². The topological polar surface area (TPSA) is 9.86 Å². The molecule has 76 heavy (non-hydrogen) atoms. The lowest BCUT2D eigenvalue weighted by molar-refractivity contribution is 1.18. The van der Waals surface area contributed by atoms with Gasteiger partial charge in [0.2, 0.25) is 0 Å². The van der Waals surface area contributed by atoms with Crippen LogP contribution in [0.3, 0.4) is 0 Å². The number of halogens is 2. The fraction of sp³-hybridized carbons (Fsp3) is 0. The Bertz CT molecular complexity index is 4970. The molecule has 0 N–H and O–H groups in total. The molecule has 2 aromatic heterocycles. The van der Waals surface area contributed by atoms with Gasteiger partial charge < -0.3 is 9.13 Å². The van der Waals surface area contributed by atoms with Crippen LogP contribution >= 0.6 is 31.9 Å². The summed E-state index contributed by atoms with van der Waals surface area (Å²) in [5.41, 5.74) is 14.2. The first kappa shape index (κ1) is 43.6. The molecular weight excluding hydrogens is 1050 g/mol. The Labute approximate surface area is 454 Å². The van der Waals surface area contributed by atoms with E-state index < -0.39 is 0 Å². The van der Waals surface area contributed by atoms with Gasteiger partial charge in [-0.3, -0.25) is 0 Å². The van der Waals surface area contributed by atoms with Crippen molar-refractivity contribution >= 4 is 140 Å². The molecule has 16 aromatic rings. The van der Waals surface area contributed by atoms with Crippen LogP contribution in [0.15, 0.2) is 264 Å². The number of aromatic nitrogens is 2. The van der Waals surface area contributed by atoms with Gasteiger partial charge >= 0.3 is 0 Å². The molecule has 0 fully saturated rings. The predicted molar refractivity (Wildman–Crippen MR) is 332 cm³/mol. The second kappa shape index (κ2) is 16.9. The van der Waals surface area contributed by atoms with E-state index in [2.05, 4.69) is 296 Å². The van der Waals surface area contributed by atoms with Gasteiger partial charge in [-0.15, -0.1) is 0 Å². The smallest absolute Gasteiger partial charge is 0.0626 e. The van der Waals surface area contributed by atoms with Crippen molar-refractivity contribution in [1.29, 1.82) is 0 Å². The van der Waals surface area contributed by atoms with E-state index in [9.17, 15) is 0 Å². The Morgan fingerprint density at radius 3 is 1.21 bits per heavy atom. The molecule has 0 radical (unpaired) electrons. The third kappa shape index (κ3) is 6.57. The van der Waals surface area contributed by atoms with Crippen LogP contribution in [0.4, 0.5) is 0 Å².